The van der Waals surface area contributed by atoms with Gasteiger partial charge in [0, 0.05) is 19.0 Å². The number of rotatable bonds is 27. The molecule has 0 saturated heterocycles. The van der Waals surface area contributed by atoms with Gasteiger partial charge in [-0.25, -0.2) is 9.78 Å². The number of amides is 5. The lowest BCUT2D eigenvalue weighted by molar-refractivity contribution is -0.142. The minimum absolute atomic E-state index is 0.00177. The van der Waals surface area contributed by atoms with Crippen molar-refractivity contribution in [2.75, 3.05) is 13.1 Å². The van der Waals surface area contributed by atoms with Crippen LogP contribution in [0.3, 0.4) is 0 Å². The van der Waals surface area contributed by atoms with E-state index in [4.69, 9.17) is 17.2 Å². The zero-order chi connectivity index (χ0) is 42.5. The summed E-state index contributed by atoms with van der Waals surface area (Å²) in [6.07, 6.45) is 4.00. The van der Waals surface area contributed by atoms with Crippen LogP contribution in [0.1, 0.15) is 76.5 Å². The molecule has 0 fully saturated rings. The van der Waals surface area contributed by atoms with E-state index in [-0.39, 0.29) is 50.3 Å². The number of nitrogens with zero attached hydrogens (tertiary/aromatic N) is 1. The Kier molecular flexibility index (Phi) is 20.7. The molecule has 0 aliphatic rings. The molecule has 0 bridgehead atoms. The zero-order valence-corrected chi connectivity index (χ0v) is 32.4. The number of aromatic nitrogens is 2. The van der Waals surface area contributed by atoms with Gasteiger partial charge in [0.05, 0.1) is 24.5 Å². The van der Waals surface area contributed by atoms with Crippen LogP contribution < -0.4 is 43.8 Å². The van der Waals surface area contributed by atoms with Crippen LogP contribution in [0.2, 0.25) is 0 Å². The average Bonchev–Trinajstić information content (AvgIpc) is 3.66. The number of carboxylic acid groups (broad SMARTS) is 2. The number of benzene rings is 1. The Hall–Kier alpha value is -5.60. The number of phenolic OH excluding ortho intramolecular Hbond substituents is 1. The van der Waals surface area contributed by atoms with Crippen molar-refractivity contribution in [3.8, 4) is 5.75 Å². The van der Waals surface area contributed by atoms with E-state index in [1.807, 2.05) is 0 Å². The number of hydrogen-bond acceptors (Lipinski definition) is 12. The molecular formula is C37H58N10O10. The van der Waals surface area contributed by atoms with Gasteiger partial charge < -0.3 is 64.1 Å². The van der Waals surface area contributed by atoms with Crippen LogP contribution in [0.15, 0.2) is 36.8 Å². The monoisotopic (exact) mass is 802 g/mol. The lowest BCUT2D eigenvalue weighted by Crippen LogP contribution is -2.59. The number of carbonyl (C=O) groups is 7. The number of phenols is 1. The van der Waals surface area contributed by atoms with E-state index in [0.717, 1.165) is 0 Å². The highest BCUT2D eigenvalue weighted by Crippen LogP contribution is 2.13. The number of hydrogen-bond donors (Lipinski definition) is 12. The summed E-state index contributed by atoms with van der Waals surface area (Å²) in [6, 6.07) is -2.09. The molecule has 15 N–H and O–H groups in total. The maximum atomic E-state index is 13.8. The maximum absolute atomic E-state index is 13.8. The predicted octanol–water partition coefficient (Wildman–Crippen LogP) is -1.48. The van der Waals surface area contributed by atoms with E-state index in [1.165, 1.54) is 36.8 Å². The second-order valence-electron chi connectivity index (χ2n) is 14.2. The van der Waals surface area contributed by atoms with E-state index in [9.17, 15) is 48.9 Å². The number of carboxylic acids is 2. The van der Waals surface area contributed by atoms with E-state index < -0.39 is 84.1 Å². The van der Waals surface area contributed by atoms with Gasteiger partial charge in [-0.1, -0.05) is 26.0 Å². The van der Waals surface area contributed by atoms with Crippen molar-refractivity contribution < 1.29 is 48.9 Å². The minimum Gasteiger partial charge on any atom is -0.508 e. The van der Waals surface area contributed by atoms with Crippen LogP contribution in [0.25, 0.3) is 0 Å². The van der Waals surface area contributed by atoms with E-state index in [2.05, 4.69) is 36.6 Å². The molecule has 57 heavy (non-hydrogen) atoms. The normalized spacial score (nSPS) is 14.3. The fourth-order valence-electron chi connectivity index (χ4n) is 5.77. The van der Waals surface area contributed by atoms with Crippen LogP contribution in [-0.2, 0) is 46.4 Å². The minimum atomic E-state index is -1.61. The number of aromatic hydroxyl groups is 1. The molecule has 0 unspecified atom stereocenters. The van der Waals surface area contributed by atoms with Gasteiger partial charge in [-0.3, -0.25) is 28.8 Å². The van der Waals surface area contributed by atoms with Crippen LogP contribution in [0.4, 0.5) is 0 Å². The Morgan fingerprint density at radius 2 is 1.18 bits per heavy atom. The molecule has 20 heteroatoms. The largest absolute Gasteiger partial charge is 0.508 e. The summed E-state index contributed by atoms with van der Waals surface area (Å²) < 4.78 is 0. The third kappa shape index (κ3) is 17.8. The summed E-state index contributed by atoms with van der Waals surface area (Å²) in [7, 11) is 0. The van der Waals surface area contributed by atoms with Crippen molar-refractivity contribution in [2.24, 2.45) is 23.1 Å². The highest BCUT2D eigenvalue weighted by Gasteiger charge is 2.34. The molecular weight excluding hydrogens is 744 g/mol. The third-order valence-corrected chi connectivity index (χ3v) is 8.82. The summed E-state index contributed by atoms with van der Waals surface area (Å²) in [4.78, 5) is 98.1. The number of imidazole rings is 1. The highest BCUT2D eigenvalue weighted by atomic mass is 16.4. The molecule has 5 amide bonds. The molecule has 0 spiro atoms. The first kappa shape index (κ1) is 47.6. The number of H-pyrrole nitrogens is 1. The number of aliphatic carboxylic acids is 2. The number of aromatic amines is 1. The van der Waals surface area contributed by atoms with E-state index in [0.29, 0.717) is 43.5 Å². The van der Waals surface area contributed by atoms with Gasteiger partial charge in [0.2, 0.25) is 29.5 Å². The van der Waals surface area contributed by atoms with E-state index in [1.54, 1.807) is 13.8 Å². The van der Waals surface area contributed by atoms with Crippen LogP contribution in [-0.4, -0.2) is 116 Å². The van der Waals surface area contributed by atoms with Crippen molar-refractivity contribution in [3.63, 3.8) is 0 Å². The molecule has 316 valence electrons. The van der Waals surface area contributed by atoms with Gasteiger partial charge >= 0.3 is 11.9 Å². The zero-order valence-electron chi connectivity index (χ0n) is 32.4. The Morgan fingerprint density at radius 3 is 1.65 bits per heavy atom. The summed E-state index contributed by atoms with van der Waals surface area (Å²) >= 11 is 0. The second-order valence-corrected chi connectivity index (χ2v) is 14.2. The Bertz CT molecular complexity index is 1610. The molecule has 20 nitrogen and oxygen atoms in total. The van der Waals surface area contributed by atoms with Gasteiger partial charge in [-0.2, -0.15) is 0 Å². The molecule has 0 aliphatic heterocycles. The predicted molar refractivity (Wildman–Crippen MR) is 207 cm³/mol. The molecule has 0 aliphatic carbocycles. The average molecular weight is 803 g/mol. The maximum Gasteiger partial charge on any atom is 0.326 e. The first-order valence-electron chi connectivity index (χ1n) is 18.9. The fraction of sp³-hybridized carbons (Fsp3) is 0.568. The molecule has 0 saturated carbocycles. The smallest absolute Gasteiger partial charge is 0.326 e. The Labute approximate surface area is 330 Å². The summed E-state index contributed by atoms with van der Waals surface area (Å²) in [5, 5.41) is 41.6. The molecule has 0 radical (unpaired) electrons. The van der Waals surface area contributed by atoms with Gasteiger partial charge in [0.25, 0.3) is 0 Å². The van der Waals surface area contributed by atoms with Gasteiger partial charge in [-0.15, -0.1) is 0 Å². The number of unbranched alkanes of at least 4 members (excludes halogenated alkanes) is 2. The van der Waals surface area contributed by atoms with Gasteiger partial charge in [0.15, 0.2) is 0 Å². The second kappa shape index (κ2) is 24.8. The lowest BCUT2D eigenvalue weighted by atomic mass is 10.0. The van der Waals surface area contributed by atoms with Gasteiger partial charge in [0.1, 0.15) is 36.0 Å². The topological polar surface area (TPSA) is 347 Å². The standard InChI is InChI=1S/C37H58N10O10/c1-21(2)15-28(46-36(55)29(18-31(49)50)45-32(51)25(40)17-23-19-41-20-42-23)35(54)44-26(7-3-5-13-38)33(52)43-27(8-4-6-14-39)34(53)47-30(37(56)57)16-22-9-11-24(48)12-10-22/h9-12,19-21,25-30,48H,3-8,13-18,38-40H2,1-2H3,(H,41,42)(H,43,52)(H,44,54)(H,45,51)(H,46,55)(H,47,53)(H,49,50)(H,56,57)/t25-,26-,27-,28-,29-,30-/m0/s1. The summed E-state index contributed by atoms with van der Waals surface area (Å²) in [5.41, 5.74) is 18.3. The molecule has 2 rings (SSSR count). The SMILES string of the molecule is CC(C)C[C@H](NC(=O)[C@H](CC(=O)O)NC(=O)[C@@H](N)Cc1c[nH]cn1)C(=O)N[C@@H](CCCCN)C(=O)N[C@@H](CCCCN)C(=O)N[C@@H](Cc1ccc(O)cc1)C(=O)O. The van der Waals surface area contributed by atoms with Crippen molar-refractivity contribution >= 4 is 41.5 Å². The molecule has 6 atom stereocenters. The first-order valence-corrected chi connectivity index (χ1v) is 18.9. The van der Waals surface area contributed by atoms with Crippen LogP contribution in [0.5, 0.6) is 5.75 Å². The van der Waals surface area contributed by atoms with Crippen molar-refractivity contribution in [2.45, 2.75) is 114 Å². The molecule has 1 aromatic carbocycles. The van der Waals surface area contributed by atoms with Crippen LogP contribution >= 0.6 is 0 Å². The number of nitrogens with two attached hydrogens (primary N) is 3. The fourth-order valence-corrected chi connectivity index (χ4v) is 5.77. The number of carbonyl (C=O) groups excluding carboxylic acids is 5. The van der Waals surface area contributed by atoms with Gasteiger partial charge in [-0.05, 0) is 81.6 Å². The Balaban J connectivity index is 2.27. The highest BCUT2D eigenvalue weighted by molar-refractivity contribution is 5.97. The quantitative estimate of drug-likeness (QED) is 0.0459. The van der Waals surface area contributed by atoms with Crippen molar-refractivity contribution in [1.82, 2.24) is 36.6 Å². The van der Waals surface area contributed by atoms with Crippen molar-refractivity contribution in [1.29, 1.82) is 0 Å². The molecule has 2 aromatic rings. The lowest BCUT2D eigenvalue weighted by Gasteiger charge is -2.27. The number of nitrogens with one attached hydrogen (secondary N) is 6. The van der Waals surface area contributed by atoms with Crippen LogP contribution in [0, 0.1) is 5.92 Å². The van der Waals surface area contributed by atoms with Crippen molar-refractivity contribution in [3.05, 3.63) is 48.0 Å². The summed E-state index contributed by atoms with van der Waals surface area (Å²) in [6.45, 7) is 4.15. The molecule has 1 heterocycles. The summed E-state index contributed by atoms with van der Waals surface area (Å²) in [5.74, 6) is -7.04. The first-order chi connectivity index (χ1) is 27.0. The molecule has 1 aromatic heterocycles. The third-order valence-electron chi connectivity index (χ3n) is 8.82. The van der Waals surface area contributed by atoms with E-state index >= 15 is 0 Å². The Morgan fingerprint density at radius 1 is 0.684 bits per heavy atom.